The molecule has 32 heavy (non-hydrogen) atoms. The molecule has 0 atom stereocenters. The van der Waals surface area contributed by atoms with E-state index in [2.05, 4.69) is 20.8 Å². The van der Waals surface area contributed by atoms with Crippen LogP contribution in [0.1, 0.15) is 5.56 Å². The molecule has 2 rings (SSSR count). The van der Waals surface area contributed by atoms with Crippen LogP contribution in [0.15, 0.2) is 30.6 Å². The molecule has 172 valence electrons. The number of amides is 1. The van der Waals surface area contributed by atoms with Gasteiger partial charge in [0.05, 0.1) is 29.5 Å². The predicted octanol–water partition coefficient (Wildman–Crippen LogP) is 1.08. The molecule has 0 aliphatic rings. The van der Waals surface area contributed by atoms with Crippen molar-refractivity contribution < 1.29 is 24.1 Å². The Morgan fingerprint density at radius 3 is 2.19 bits per heavy atom. The summed E-state index contributed by atoms with van der Waals surface area (Å²) in [5.41, 5.74) is 4.82. The number of hydrogen-bond donors (Lipinski definition) is 2. The van der Waals surface area contributed by atoms with Gasteiger partial charge in [-0.25, -0.2) is 9.97 Å². The topological polar surface area (TPSA) is 175 Å². The Kier molecular flexibility index (Phi) is 9.19. The van der Waals surface area contributed by atoms with Crippen molar-refractivity contribution >= 4 is 28.9 Å². The van der Waals surface area contributed by atoms with Crippen LogP contribution in [-0.4, -0.2) is 66.2 Å². The third-order valence-corrected chi connectivity index (χ3v) is 4.25. The lowest BCUT2D eigenvalue weighted by Crippen LogP contribution is -2.34. The van der Waals surface area contributed by atoms with E-state index in [9.17, 15) is 25.0 Å². The number of nitro groups is 2. The van der Waals surface area contributed by atoms with E-state index in [1.807, 2.05) is 0 Å². The molecule has 0 saturated carbocycles. The van der Waals surface area contributed by atoms with Gasteiger partial charge in [-0.05, 0) is 5.56 Å². The zero-order chi connectivity index (χ0) is 23.5. The van der Waals surface area contributed by atoms with Crippen molar-refractivity contribution in [3.8, 4) is 0 Å². The summed E-state index contributed by atoms with van der Waals surface area (Å²) < 4.78 is 10.1. The Morgan fingerprint density at radius 1 is 1.03 bits per heavy atom. The van der Waals surface area contributed by atoms with Gasteiger partial charge in [-0.3, -0.25) is 35.9 Å². The summed E-state index contributed by atoms with van der Waals surface area (Å²) >= 11 is 0. The Balaban J connectivity index is 2.14. The number of rotatable bonds is 13. The van der Waals surface area contributed by atoms with E-state index in [1.165, 1.54) is 38.5 Å². The molecule has 0 bridgehead atoms. The number of benzene rings is 1. The van der Waals surface area contributed by atoms with Crippen LogP contribution in [-0.2, 0) is 20.7 Å². The number of carbonyl (C=O) groups is 1. The van der Waals surface area contributed by atoms with E-state index in [4.69, 9.17) is 9.47 Å². The van der Waals surface area contributed by atoms with Crippen molar-refractivity contribution in [2.45, 2.75) is 6.42 Å². The summed E-state index contributed by atoms with van der Waals surface area (Å²) in [5.74, 6) is -0.674. The first-order valence-electron chi connectivity index (χ1n) is 9.37. The summed E-state index contributed by atoms with van der Waals surface area (Å²) in [6.45, 7) is 1.26. The molecular weight excluding hydrogens is 426 g/mol. The minimum Gasteiger partial charge on any atom is -0.383 e. The molecular formula is C18H23N7O7. The number of non-ortho nitro benzene ring substituents is 1. The molecule has 0 fully saturated rings. The van der Waals surface area contributed by atoms with Gasteiger partial charge in [-0.2, -0.15) is 0 Å². The van der Waals surface area contributed by atoms with Crippen LogP contribution in [0, 0.1) is 20.2 Å². The van der Waals surface area contributed by atoms with Crippen LogP contribution in [0.5, 0.6) is 0 Å². The summed E-state index contributed by atoms with van der Waals surface area (Å²) in [5, 5.41) is 22.5. The fourth-order valence-corrected chi connectivity index (χ4v) is 2.68. The molecule has 1 amide bonds. The normalized spacial score (nSPS) is 10.4. The number of nitro benzene ring substituents is 1. The molecule has 0 unspecified atom stereocenters. The zero-order valence-electron chi connectivity index (χ0n) is 17.5. The lowest BCUT2D eigenvalue weighted by atomic mass is 10.1. The highest BCUT2D eigenvalue weighted by Gasteiger charge is 2.27. The molecule has 1 aromatic heterocycles. The number of ether oxygens (including phenoxy) is 2. The smallest absolute Gasteiger partial charge is 0.355 e. The van der Waals surface area contributed by atoms with Crippen LogP contribution < -0.4 is 15.8 Å². The van der Waals surface area contributed by atoms with E-state index < -0.39 is 21.4 Å². The average Bonchev–Trinajstić information content (AvgIpc) is 2.77. The first-order chi connectivity index (χ1) is 15.4. The molecule has 0 radical (unpaired) electrons. The highest BCUT2D eigenvalue weighted by molar-refractivity contribution is 5.81. The van der Waals surface area contributed by atoms with E-state index >= 15 is 0 Å². The van der Waals surface area contributed by atoms with Gasteiger partial charge in [-0.1, -0.05) is 12.1 Å². The maximum absolute atomic E-state index is 12.2. The van der Waals surface area contributed by atoms with Crippen molar-refractivity contribution in [3.05, 3.63) is 56.4 Å². The lowest BCUT2D eigenvalue weighted by Gasteiger charge is -2.23. The number of nitrogens with zero attached hydrogens (tertiary/aromatic N) is 5. The third kappa shape index (κ3) is 6.82. The third-order valence-electron chi connectivity index (χ3n) is 4.25. The van der Waals surface area contributed by atoms with Crippen molar-refractivity contribution in [1.82, 2.24) is 15.4 Å². The fourth-order valence-electron chi connectivity index (χ4n) is 2.68. The van der Waals surface area contributed by atoms with E-state index in [0.717, 1.165) is 6.33 Å². The molecule has 0 saturated heterocycles. The van der Waals surface area contributed by atoms with Gasteiger partial charge in [-0.15, -0.1) is 0 Å². The fraction of sp³-hybridized carbons (Fsp3) is 0.389. The van der Waals surface area contributed by atoms with Crippen molar-refractivity contribution in [3.63, 3.8) is 0 Å². The average molecular weight is 449 g/mol. The summed E-state index contributed by atoms with van der Waals surface area (Å²) in [6.07, 6.45) is 1.03. The van der Waals surface area contributed by atoms with Crippen LogP contribution >= 0.6 is 0 Å². The number of hydrogen-bond acceptors (Lipinski definition) is 11. The second-order valence-electron chi connectivity index (χ2n) is 6.40. The molecule has 1 heterocycles. The minimum absolute atomic E-state index is 0.0474. The van der Waals surface area contributed by atoms with Crippen molar-refractivity contribution in [2.24, 2.45) is 0 Å². The highest BCUT2D eigenvalue weighted by Crippen LogP contribution is 2.31. The van der Waals surface area contributed by atoms with E-state index in [1.54, 1.807) is 4.90 Å². The second-order valence-corrected chi connectivity index (χ2v) is 6.40. The maximum atomic E-state index is 12.2. The van der Waals surface area contributed by atoms with Gasteiger partial charge in [0, 0.05) is 39.4 Å². The standard InChI is InChI=1S/C18H23N7O7/c1-31-9-7-23(8-10-32-2)18-16(25(29)30)17(19-12-20-18)22-21-15(26)11-13-3-5-14(6-4-13)24(27)28/h3-6,12H,7-11H2,1-2H3,(H,21,26)(H,19,20,22). The zero-order valence-corrected chi connectivity index (χ0v) is 17.5. The Morgan fingerprint density at radius 2 is 1.66 bits per heavy atom. The van der Waals surface area contributed by atoms with Crippen molar-refractivity contribution in [1.29, 1.82) is 0 Å². The van der Waals surface area contributed by atoms with Gasteiger partial charge < -0.3 is 14.4 Å². The minimum atomic E-state index is -0.646. The number of anilines is 2. The molecule has 2 N–H and O–H groups in total. The van der Waals surface area contributed by atoms with E-state index in [-0.39, 0.29) is 23.7 Å². The largest absolute Gasteiger partial charge is 0.383 e. The number of methoxy groups -OCH3 is 2. The highest BCUT2D eigenvalue weighted by atomic mass is 16.6. The number of carbonyl (C=O) groups excluding carboxylic acids is 1. The first-order valence-corrected chi connectivity index (χ1v) is 9.37. The Bertz CT molecular complexity index is 932. The Hall–Kier alpha value is -3.91. The van der Waals surface area contributed by atoms with Gasteiger partial charge in [0.25, 0.3) is 5.69 Å². The molecule has 1 aromatic carbocycles. The molecule has 0 aliphatic heterocycles. The molecule has 2 aromatic rings. The summed E-state index contributed by atoms with van der Waals surface area (Å²) in [7, 11) is 3.02. The molecule has 0 spiro atoms. The maximum Gasteiger partial charge on any atom is 0.355 e. The Labute approximate surface area is 182 Å². The predicted molar refractivity (Wildman–Crippen MR) is 113 cm³/mol. The van der Waals surface area contributed by atoms with Crippen LogP contribution in [0.4, 0.5) is 23.0 Å². The van der Waals surface area contributed by atoms with E-state index in [0.29, 0.717) is 31.9 Å². The monoisotopic (exact) mass is 449 g/mol. The summed E-state index contributed by atoms with van der Waals surface area (Å²) in [4.78, 5) is 43.0. The van der Waals surface area contributed by atoms with Crippen LogP contribution in [0.3, 0.4) is 0 Å². The van der Waals surface area contributed by atoms with Crippen LogP contribution in [0.25, 0.3) is 0 Å². The second kappa shape index (κ2) is 12.1. The SMILES string of the molecule is COCCN(CCOC)c1ncnc(NNC(=O)Cc2ccc([N+](=O)[O-])cc2)c1[N+](=O)[O-]. The van der Waals surface area contributed by atoms with Gasteiger partial charge in [0.1, 0.15) is 6.33 Å². The van der Waals surface area contributed by atoms with Gasteiger partial charge >= 0.3 is 5.69 Å². The summed E-state index contributed by atoms with van der Waals surface area (Å²) in [6, 6.07) is 5.47. The first kappa shape index (κ1) is 24.4. The molecule has 14 nitrogen and oxygen atoms in total. The number of hydrazine groups is 1. The molecule has 14 heteroatoms. The molecule has 0 aliphatic carbocycles. The van der Waals surface area contributed by atoms with Gasteiger partial charge in [0.2, 0.25) is 17.5 Å². The number of nitrogens with one attached hydrogen (secondary N) is 2. The van der Waals surface area contributed by atoms with Crippen LogP contribution in [0.2, 0.25) is 0 Å². The lowest BCUT2D eigenvalue weighted by molar-refractivity contribution is -0.384. The van der Waals surface area contributed by atoms with Gasteiger partial charge in [0.15, 0.2) is 0 Å². The quantitative estimate of drug-likeness (QED) is 0.330. The number of aromatic nitrogens is 2. The van der Waals surface area contributed by atoms with Crippen molar-refractivity contribution in [2.75, 3.05) is 50.8 Å².